The molecular formula is C22H24N6O2. The molecule has 1 spiro atoms. The monoisotopic (exact) mass is 404 g/mol. The molecule has 0 radical (unpaired) electrons. The summed E-state index contributed by atoms with van der Waals surface area (Å²) in [7, 11) is 0. The minimum Gasteiger partial charge on any atom is -0.490 e. The molecule has 5 heterocycles. The van der Waals surface area contributed by atoms with Crippen molar-refractivity contribution in [3.05, 3.63) is 42.4 Å². The molecule has 0 aromatic carbocycles. The van der Waals surface area contributed by atoms with Crippen LogP contribution in [0, 0.1) is 16.7 Å². The number of nitrogens with one attached hydrogen (secondary N) is 1. The number of nitrogens with zero attached hydrogens (tertiary/aromatic N) is 5. The Morgan fingerprint density at radius 1 is 1.23 bits per heavy atom. The molecule has 3 aromatic heterocycles. The van der Waals surface area contributed by atoms with Gasteiger partial charge in [0.2, 0.25) is 0 Å². The molecule has 0 bridgehead atoms. The zero-order valence-electron chi connectivity index (χ0n) is 16.7. The van der Waals surface area contributed by atoms with Crippen LogP contribution in [0.5, 0.6) is 5.75 Å². The predicted molar refractivity (Wildman–Crippen MR) is 112 cm³/mol. The zero-order valence-corrected chi connectivity index (χ0v) is 16.7. The van der Waals surface area contributed by atoms with E-state index >= 15 is 0 Å². The van der Waals surface area contributed by atoms with E-state index in [0.717, 1.165) is 48.6 Å². The molecule has 0 atom stereocenters. The summed E-state index contributed by atoms with van der Waals surface area (Å²) in [5.74, 6) is 1.57. The lowest BCUT2D eigenvalue weighted by Crippen LogP contribution is -2.58. The predicted octanol–water partition coefficient (Wildman–Crippen LogP) is 1.83. The lowest BCUT2D eigenvalue weighted by atomic mass is 9.73. The Balaban J connectivity index is 1.44. The molecule has 2 fully saturated rings. The van der Waals surface area contributed by atoms with Crippen LogP contribution in [0.2, 0.25) is 0 Å². The average Bonchev–Trinajstić information content (AvgIpc) is 3.19. The first-order chi connectivity index (χ1) is 14.7. The molecule has 2 aliphatic heterocycles. The van der Waals surface area contributed by atoms with E-state index in [1.54, 1.807) is 16.9 Å². The van der Waals surface area contributed by atoms with Crippen molar-refractivity contribution in [2.24, 2.45) is 5.41 Å². The number of nitriles is 1. The summed E-state index contributed by atoms with van der Waals surface area (Å²) in [5, 5.41) is 26.2. The fourth-order valence-corrected chi connectivity index (χ4v) is 4.42. The van der Waals surface area contributed by atoms with Crippen LogP contribution in [0.15, 0.2) is 36.8 Å². The molecule has 0 saturated carbocycles. The van der Waals surface area contributed by atoms with Crippen LogP contribution in [-0.4, -0.2) is 59.1 Å². The van der Waals surface area contributed by atoms with Gasteiger partial charge in [-0.25, -0.2) is 9.50 Å². The van der Waals surface area contributed by atoms with Crippen LogP contribution < -0.4 is 15.0 Å². The lowest BCUT2D eigenvalue weighted by Gasteiger charge is -2.48. The standard InChI is InChI=1S/C22H24N6O2/c23-10-17-12-26-28-13-18(30-8-7-29)9-19(21(17)28)16-1-2-20(25-11-16)27-5-3-22(4-6-27)14-24-15-22/h1-2,9,11-13,24,29H,3-8,14-15H2. The van der Waals surface area contributed by atoms with E-state index in [9.17, 15) is 5.26 Å². The van der Waals surface area contributed by atoms with Crippen molar-refractivity contribution in [2.75, 3.05) is 44.3 Å². The van der Waals surface area contributed by atoms with Gasteiger partial charge in [0.1, 0.15) is 24.2 Å². The minimum absolute atomic E-state index is 0.0701. The van der Waals surface area contributed by atoms with Gasteiger partial charge in [-0.2, -0.15) is 10.4 Å². The summed E-state index contributed by atoms with van der Waals surface area (Å²) in [6, 6.07) is 8.17. The number of hydrogen-bond donors (Lipinski definition) is 2. The largest absolute Gasteiger partial charge is 0.490 e. The van der Waals surface area contributed by atoms with Gasteiger partial charge >= 0.3 is 0 Å². The molecular weight excluding hydrogens is 380 g/mol. The number of fused-ring (bicyclic) bond motifs is 1. The third-order valence-corrected chi connectivity index (χ3v) is 6.27. The number of aromatic nitrogens is 3. The number of hydrogen-bond acceptors (Lipinski definition) is 7. The van der Waals surface area contributed by atoms with Gasteiger partial charge in [0.25, 0.3) is 0 Å². The first kappa shape index (κ1) is 18.9. The topological polar surface area (TPSA) is 98.7 Å². The van der Waals surface area contributed by atoms with E-state index in [2.05, 4.69) is 21.4 Å². The van der Waals surface area contributed by atoms with Crippen molar-refractivity contribution in [2.45, 2.75) is 12.8 Å². The van der Waals surface area contributed by atoms with E-state index in [0.29, 0.717) is 16.7 Å². The Labute approximate surface area is 174 Å². The van der Waals surface area contributed by atoms with Crippen molar-refractivity contribution in [3.63, 3.8) is 0 Å². The number of rotatable bonds is 5. The van der Waals surface area contributed by atoms with E-state index in [-0.39, 0.29) is 13.2 Å². The van der Waals surface area contributed by atoms with E-state index in [1.165, 1.54) is 12.8 Å². The highest BCUT2D eigenvalue weighted by atomic mass is 16.5. The Morgan fingerprint density at radius 2 is 2.07 bits per heavy atom. The maximum atomic E-state index is 9.49. The second-order valence-electron chi connectivity index (χ2n) is 8.12. The summed E-state index contributed by atoms with van der Waals surface area (Å²) in [6.07, 6.45) is 7.53. The van der Waals surface area contributed by atoms with Crippen LogP contribution in [0.3, 0.4) is 0 Å². The Bertz CT molecular complexity index is 1090. The SMILES string of the molecule is N#Cc1cnn2cc(OCCO)cc(-c3ccc(N4CCC5(CC4)CNC5)nc3)c12. The maximum absolute atomic E-state index is 9.49. The minimum atomic E-state index is -0.0701. The normalized spacial score (nSPS) is 17.7. The molecule has 0 unspecified atom stereocenters. The molecule has 2 N–H and O–H groups in total. The Kier molecular flexibility index (Phi) is 4.77. The zero-order chi connectivity index (χ0) is 20.6. The quantitative estimate of drug-likeness (QED) is 0.669. The molecule has 154 valence electrons. The number of anilines is 1. The van der Waals surface area contributed by atoms with Gasteiger partial charge in [0.05, 0.1) is 30.1 Å². The highest BCUT2D eigenvalue weighted by Crippen LogP contribution is 2.37. The van der Waals surface area contributed by atoms with Gasteiger partial charge < -0.3 is 20.1 Å². The third-order valence-electron chi connectivity index (χ3n) is 6.27. The summed E-state index contributed by atoms with van der Waals surface area (Å²) in [4.78, 5) is 7.08. The highest BCUT2D eigenvalue weighted by molar-refractivity contribution is 5.85. The second-order valence-corrected chi connectivity index (χ2v) is 8.12. The molecule has 3 aromatic rings. The number of ether oxygens (including phenoxy) is 1. The van der Waals surface area contributed by atoms with Gasteiger partial charge in [-0.1, -0.05) is 0 Å². The van der Waals surface area contributed by atoms with Crippen LogP contribution in [0.4, 0.5) is 5.82 Å². The first-order valence-electron chi connectivity index (χ1n) is 10.3. The highest BCUT2D eigenvalue weighted by Gasteiger charge is 2.39. The maximum Gasteiger partial charge on any atom is 0.138 e. The van der Waals surface area contributed by atoms with Crippen molar-refractivity contribution in [1.82, 2.24) is 19.9 Å². The van der Waals surface area contributed by atoms with Gasteiger partial charge in [-0.15, -0.1) is 0 Å². The Hall–Kier alpha value is -3.15. The fraction of sp³-hybridized carbons (Fsp3) is 0.409. The van der Waals surface area contributed by atoms with E-state index in [1.807, 2.05) is 24.4 Å². The second kappa shape index (κ2) is 7.59. The number of aliphatic hydroxyl groups is 1. The Morgan fingerprint density at radius 3 is 2.70 bits per heavy atom. The summed E-state index contributed by atoms with van der Waals surface area (Å²) in [5.41, 5.74) is 3.45. The summed E-state index contributed by atoms with van der Waals surface area (Å²) >= 11 is 0. The van der Waals surface area contributed by atoms with Crippen molar-refractivity contribution in [3.8, 4) is 22.9 Å². The van der Waals surface area contributed by atoms with Gasteiger partial charge in [0, 0.05) is 43.5 Å². The molecule has 0 amide bonds. The van der Waals surface area contributed by atoms with Gasteiger partial charge in [-0.05, 0) is 36.5 Å². The molecule has 2 saturated heterocycles. The van der Waals surface area contributed by atoms with Crippen LogP contribution in [0.1, 0.15) is 18.4 Å². The van der Waals surface area contributed by atoms with E-state index < -0.39 is 0 Å². The van der Waals surface area contributed by atoms with Crippen LogP contribution in [0.25, 0.3) is 16.6 Å². The third kappa shape index (κ3) is 3.26. The molecule has 5 rings (SSSR count). The summed E-state index contributed by atoms with van der Waals surface area (Å²) < 4.78 is 7.24. The average molecular weight is 404 g/mol. The van der Waals surface area contributed by atoms with Crippen LogP contribution in [-0.2, 0) is 0 Å². The number of aliphatic hydroxyl groups excluding tert-OH is 1. The van der Waals surface area contributed by atoms with Gasteiger partial charge in [0.15, 0.2) is 0 Å². The molecule has 8 nitrogen and oxygen atoms in total. The number of piperidine rings is 1. The van der Waals surface area contributed by atoms with Gasteiger partial charge in [-0.3, -0.25) is 0 Å². The first-order valence-corrected chi connectivity index (χ1v) is 10.3. The van der Waals surface area contributed by atoms with Crippen molar-refractivity contribution < 1.29 is 9.84 Å². The number of pyridine rings is 2. The van der Waals surface area contributed by atoms with Crippen molar-refractivity contribution >= 4 is 11.3 Å². The smallest absolute Gasteiger partial charge is 0.138 e. The fourth-order valence-electron chi connectivity index (χ4n) is 4.42. The lowest BCUT2D eigenvalue weighted by molar-refractivity contribution is 0.126. The molecule has 2 aliphatic rings. The summed E-state index contributed by atoms with van der Waals surface area (Å²) in [6.45, 7) is 4.47. The molecule has 30 heavy (non-hydrogen) atoms. The van der Waals surface area contributed by atoms with E-state index in [4.69, 9.17) is 14.8 Å². The molecule has 8 heteroatoms. The molecule has 0 aliphatic carbocycles. The van der Waals surface area contributed by atoms with Crippen LogP contribution >= 0.6 is 0 Å². The van der Waals surface area contributed by atoms with Crippen molar-refractivity contribution in [1.29, 1.82) is 5.26 Å².